The van der Waals surface area contributed by atoms with Crippen LogP contribution in [-0.4, -0.2) is 26.0 Å². The zero-order valence-electron chi connectivity index (χ0n) is 15.6. The molecule has 7 heteroatoms. The molecule has 0 spiro atoms. The summed E-state index contributed by atoms with van der Waals surface area (Å²) in [5.41, 5.74) is 3.91. The average molecular weight is 373 g/mol. The number of hydrogen-bond donors (Lipinski definition) is 1. The minimum atomic E-state index is -0.217. The van der Waals surface area contributed by atoms with Crippen LogP contribution in [0.3, 0.4) is 0 Å². The van der Waals surface area contributed by atoms with Crippen LogP contribution in [0.25, 0.3) is 22.2 Å². The Morgan fingerprint density at radius 2 is 2.07 bits per heavy atom. The third kappa shape index (κ3) is 3.59. The van der Waals surface area contributed by atoms with Gasteiger partial charge in [-0.25, -0.2) is 4.98 Å². The number of aryl methyl sites for hydroxylation is 2. The zero-order chi connectivity index (χ0) is 19.5. The molecule has 0 radical (unpaired) electrons. The first-order valence-corrected chi connectivity index (χ1v) is 9.05. The highest BCUT2D eigenvalue weighted by Crippen LogP contribution is 2.25. The van der Waals surface area contributed by atoms with E-state index in [4.69, 9.17) is 9.51 Å². The lowest BCUT2D eigenvalue weighted by atomic mass is 10.0. The van der Waals surface area contributed by atoms with Crippen molar-refractivity contribution < 1.29 is 9.32 Å². The van der Waals surface area contributed by atoms with Crippen molar-refractivity contribution >= 4 is 16.8 Å². The summed E-state index contributed by atoms with van der Waals surface area (Å²) in [6, 6.07) is 11.4. The molecule has 0 saturated carbocycles. The molecule has 0 bridgehead atoms. The van der Waals surface area contributed by atoms with Gasteiger partial charge in [-0.05, 0) is 37.3 Å². The van der Waals surface area contributed by atoms with Gasteiger partial charge in [0.05, 0.1) is 23.3 Å². The molecule has 0 atom stereocenters. The van der Waals surface area contributed by atoms with E-state index in [1.54, 1.807) is 18.5 Å². The van der Waals surface area contributed by atoms with Crippen molar-refractivity contribution in [2.75, 3.05) is 0 Å². The van der Waals surface area contributed by atoms with Crippen LogP contribution in [0.15, 0.2) is 53.3 Å². The number of carbonyl (C=O) groups is 1. The van der Waals surface area contributed by atoms with Crippen molar-refractivity contribution in [1.29, 1.82) is 0 Å². The lowest BCUT2D eigenvalue weighted by Crippen LogP contribution is -2.24. The molecule has 3 heterocycles. The second-order valence-corrected chi connectivity index (χ2v) is 6.46. The Hall–Kier alpha value is -3.61. The molecular formula is C21H19N5O2. The maximum absolute atomic E-state index is 13.0. The molecule has 0 aliphatic rings. The minimum absolute atomic E-state index is 0.195. The van der Waals surface area contributed by atoms with E-state index in [9.17, 15) is 4.79 Å². The molecule has 4 aromatic rings. The summed E-state index contributed by atoms with van der Waals surface area (Å²) in [5.74, 6) is 0.784. The van der Waals surface area contributed by atoms with Crippen LogP contribution < -0.4 is 5.32 Å². The number of fused-ring (bicyclic) bond motifs is 1. The zero-order valence-corrected chi connectivity index (χ0v) is 15.6. The van der Waals surface area contributed by atoms with Gasteiger partial charge in [0.2, 0.25) is 5.89 Å². The molecule has 1 aromatic carbocycles. The number of carbonyl (C=O) groups excluding carboxylic acids is 1. The molecule has 28 heavy (non-hydrogen) atoms. The molecule has 4 rings (SSSR count). The topological polar surface area (TPSA) is 93.8 Å². The minimum Gasteiger partial charge on any atom is -0.345 e. The predicted octanol–water partition coefficient (Wildman–Crippen LogP) is 3.48. The highest BCUT2D eigenvalue weighted by molar-refractivity contribution is 6.07. The molecule has 140 valence electrons. The van der Waals surface area contributed by atoms with Crippen LogP contribution in [0.1, 0.15) is 34.6 Å². The first kappa shape index (κ1) is 17.8. The smallest absolute Gasteiger partial charge is 0.252 e. The van der Waals surface area contributed by atoms with Gasteiger partial charge in [0.1, 0.15) is 0 Å². The maximum atomic E-state index is 13.0. The number of amides is 1. The van der Waals surface area contributed by atoms with E-state index in [1.165, 1.54) is 0 Å². The number of aromatic nitrogens is 4. The van der Waals surface area contributed by atoms with Crippen molar-refractivity contribution in [2.24, 2.45) is 0 Å². The summed E-state index contributed by atoms with van der Waals surface area (Å²) < 4.78 is 5.09. The van der Waals surface area contributed by atoms with Crippen molar-refractivity contribution in [3.63, 3.8) is 0 Å². The third-order valence-corrected chi connectivity index (χ3v) is 4.39. The predicted molar refractivity (Wildman–Crippen MR) is 105 cm³/mol. The van der Waals surface area contributed by atoms with Crippen LogP contribution in [0.2, 0.25) is 0 Å². The summed E-state index contributed by atoms with van der Waals surface area (Å²) >= 11 is 0. The van der Waals surface area contributed by atoms with Gasteiger partial charge in [0, 0.05) is 29.8 Å². The molecule has 0 fully saturated rings. The number of nitrogens with one attached hydrogen (secondary N) is 1. The first-order chi connectivity index (χ1) is 13.6. The monoisotopic (exact) mass is 373 g/mol. The van der Waals surface area contributed by atoms with Gasteiger partial charge in [0.25, 0.3) is 5.91 Å². The molecule has 0 aliphatic heterocycles. The highest BCUT2D eigenvalue weighted by Gasteiger charge is 2.15. The fourth-order valence-corrected chi connectivity index (χ4v) is 2.95. The molecular weight excluding hydrogens is 354 g/mol. The van der Waals surface area contributed by atoms with Gasteiger partial charge in [0.15, 0.2) is 5.82 Å². The number of pyridine rings is 2. The molecule has 1 N–H and O–H groups in total. The number of nitrogens with zero attached hydrogens (tertiary/aromatic N) is 4. The summed E-state index contributed by atoms with van der Waals surface area (Å²) in [4.78, 5) is 26.0. The second-order valence-electron chi connectivity index (χ2n) is 6.46. The Balaban J connectivity index is 1.71. The fourth-order valence-electron chi connectivity index (χ4n) is 2.95. The third-order valence-electron chi connectivity index (χ3n) is 4.39. The number of hydrogen-bond acceptors (Lipinski definition) is 6. The molecule has 0 unspecified atom stereocenters. The van der Waals surface area contributed by atoms with Crippen LogP contribution >= 0.6 is 0 Å². The van der Waals surface area contributed by atoms with Crippen molar-refractivity contribution in [2.45, 2.75) is 26.8 Å². The van der Waals surface area contributed by atoms with E-state index < -0.39 is 0 Å². The summed E-state index contributed by atoms with van der Waals surface area (Å²) in [6.45, 7) is 4.11. The SMILES string of the molecule is CCc1nc(CNC(=O)c2cc(-c3cccnc3)nc3ccc(C)cc23)no1. The number of benzene rings is 1. The lowest BCUT2D eigenvalue weighted by molar-refractivity contribution is 0.0951. The molecule has 7 nitrogen and oxygen atoms in total. The standard InChI is InChI=1S/C21H19N5O2/c1-3-20-25-19(26-28-20)12-23-21(27)16-10-18(14-5-4-8-22-11-14)24-17-7-6-13(2)9-15(16)17/h4-11H,3,12H2,1-2H3,(H,23,27). The molecule has 0 saturated heterocycles. The Kier molecular flexibility index (Phi) is 4.80. The van der Waals surface area contributed by atoms with Crippen molar-refractivity contribution in [3.8, 4) is 11.3 Å². The summed E-state index contributed by atoms with van der Waals surface area (Å²) in [7, 11) is 0. The van der Waals surface area contributed by atoms with Crippen molar-refractivity contribution in [1.82, 2.24) is 25.4 Å². The van der Waals surface area contributed by atoms with Gasteiger partial charge >= 0.3 is 0 Å². The maximum Gasteiger partial charge on any atom is 0.252 e. The van der Waals surface area contributed by atoms with E-state index in [2.05, 4.69) is 20.4 Å². The molecule has 0 aliphatic carbocycles. The van der Waals surface area contributed by atoms with Gasteiger partial charge in [-0.2, -0.15) is 4.98 Å². The summed E-state index contributed by atoms with van der Waals surface area (Å²) in [5, 5.41) is 7.55. The lowest BCUT2D eigenvalue weighted by Gasteiger charge is -2.10. The second kappa shape index (κ2) is 7.56. The normalized spacial score (nSPS) is 10.9. The Bertz CT molecular complexity index is 1140. The average Bonchev–Trinajstić information content (AvgIpc) is 3.20. The first-order valence-electron chi connectivity index (χ1n) is 9.05. The molecule has 1 amide bonds. The van der Waals surface area contributed by atoms with Gasteiger partial charge in [-0.1, -0.05) is 23.7 Å². The summed E-state index contributed by atoms with van der Waals surface area (Å²) in [6.07, 6.45) is 4.09. The van der Waals surface area contributed by atoms with E-state index >= 15 is 0 Å². The fraction of sp³-hybridized carbons (Fsp3) is 0.190. The van der Waals surface area contributed by atoms with Crippen LogP contribution in [0.5, 0.6) is 0 Å². The van der Waals surface area contributed by atoms with E-state index in [0.29, 0.717) is 29.4 Å². The Morgan fingerprint density at radius 1 is 1.18 bits per heavy atom. The van der Waals surface area contributed by atoms with E-state index in [1.807, 2.05) is 44.2 Å². The van der Waals surface area contributed by atoms with Gasteiger partial charge in [-0.15, -0.1) is 0 Å². The van der Waals surface area contributed by atoms with Crippen molar-refractivity contribution in [3.05, 3.63) is 71.6 Å². The van der Waals surface area contributed by atoms with Gasteiger partial charge in [-0.3, -0.25) is 9.78 Å². The number of rotatable bonds is 5. The Morgan fingerprint density at radius 3 is 2.82 bits per heavy atom. The van der Waals surface area contributed by atoms with E-state index in [0.717, 1.165) is 22.0 Å². The van der Waals surface area contributed by atoms with Crippen LogP contribution in [-0.2, 0) is 13.0 Å². The van der Waals surface area contributed by atoms with E-state index in [-0.39, 0.29) is 12.5 Å². The van der Waals surface area contributed by atoms with Crippen LogP contribution in [0.4, 0.5) is 0 Å². The largest absolute Gasteiger partial charge is 0.345 e. The highest BCUT2D eigenvalue weighted by atomic mass is 16.5. The Labute approximate surface area is 161 Å². The quantitative estimate of drug-likeness (QED) is 0.576. The molecule has 3 aromatic heterocycles. The van der Waals surface area contributed by atoms with Crippen LogP contribution in [0, 0.1) is 6.92 Å². The van der Waals surface area contributed by atoms with Gasteiger partial charge < -0.3 is 9.84 Å².